The lowest BCUT2D eigenvalue weighted by atomic mass is 10.3. The smallest absolute Gasteiger partial charge is 0.325 e. The van der Waals surface area contributed by atoms with Crippen molar-refractivity contribution in [3.05, 3.63) is 0 Å². The number of carbonyl (C=O) groups excluding carboxylic acids is 1. The van der Waals surface area contributed by atoms with Crippen LogP contribution >= 0.6 is 0 Å². The van der Waals surface area contributed by atoms with Gasteiger partial charge in [-0.05, 0) is 13.3 Å². The highest BCUT2D eigenvalue weighted by Crippen LogP contribution is 2.03. The van der Waals surface area contributed by atoms with Crippen molar-refractivity contribution in [3.63, 3.8) is 0 Å². The minimum atomic E-state index is -3.81. The highest BCUT2D eigenvalue weighted by molar-refractivity contribution is 7.90. The summed E-state index contributed by atoms with van der Waals surface area (Å²) in [6.07, 6.45) is 0.137. The molecule has 5 nitrogen and oxygen atoms in total. The quantitative estimate of drug-likeness (QED) is 0.619. The van der Waals surface area contributed by atoms with Gasteiger partial charge in [-0.2, -0.15) is 0 Å². The number of hydrogen-bond acceptors (Lipinski definition) is 4. The first kappa shape index (κ1) is 11.4. The van der Waals surface area contributed by atoms with Crippen molar-refractivity contribution < 1.29 is 17.9 Å². The zero-order valence-electron chi connectivity index (χ0n) is 7.11. The molecule has 6 heteroatoms. The standard InChI is InChI=1S/C6H13NO4S/c1-3-5(12(7,9)10)6(8)11-4-2/h5H,3-4H2,1-2H3,(H2,7,9,10). The molecule has 0 aliphatic rings. The lowest BCUT2D eigenvalue weighted by Crippen LogP contribution is -2.36. The maximum Gasteiger partial charge on any atom is 0.325 e. The molecule has 72 valence electrons. The fourth-order valence-electron chi connectivity index (χ4n) is 0.768. The number of ether oxygens (including phenoxy) is 1. The normalized spacial score (nSPS) is 13.9. The second-order valence-corrected chi connectivity index (χ2v) is 3.99. The van der Waals surface area contributed by atoms with Crippen LogP contribution in [0.2, 0.25) is 0 Å². The van der Waals surface area contributed by atoms with Crippen molar-refractivity contribution in [2.45, 2.75) is 25.5 Å². The molecule has 0 saturated heterocycles. The Hall–Kier alpha value is -0.620. The first-order valence-corrected chi connectivity index (χ1v) is 5.22. The van der Waals surface area contributed by atoms with Gasteiger partial charge >= 0.3 is 5.97 Å². The van der Waals surface area contributed by atoms with Gasteiger partial charge in [0.25, 0.3) is 0 Å². The third-order valence-electron chi connectivity index (χ3n) is 1.32. The molecule has 1 atom stereocenters. The fraction of sp³-hybridized carbons (Fsp3) is 0.833. The number of nitrogens with two attached hydrogens (primary N) is 1. The van der Waals surface area contributed by atoms with Crippen LogP contribution in [0.25, 0.3) is 0 Å². The van der Waals surface area contributed by atoms with E-state index < -0.39 is 21.2 Å². The van der Waals surface area contributed by atoms with E-state index in [0.717, 1.165) is 0 Å². The third kappa shape index (κ3) is 3.19. The first-order chi connectivity index (χ1) is 5.43. The molecule has 0 spiro atoms. The van der Waals surface area contributed by atoms with Crippen LogP contribution in [0.15, 0.2) is 0 Å². The molecule has 1 unspecified atom stereocenters. The van der Waals surface area contributed by atoms with Gasteiger partial charge in [0.1, 0.15) is 0 Å². The van der Waals surface area contributed by atoms with Crippen LogP contribution < -0.4 is 5.14 Å². The van der Waals surface area contributed by atoms with Crippen LogP contribution in [-0.2, 0) is 19.6 Å². The summed E-state index contributed by atoms with van der Waals surface area (Å²) in [5, 5.41) is 3.57. The summed E-state index contributed by atoms with van der Waals surface area (Å²) in [5.41, 5.74) is 0. The van der Waals surface area contributed by atoms with E-state index in [1.165, 1.54) is 0 Å². The third-order valence-corrected chi connectivity index (χ3v) is 2.64. The number of sulfonamides is 1. The second-order valence-electron chi connectivity index (χ2n) is 2.24. The van der Waals surface area contributed by atoms with Crippen LogP contribution in [0, 0.1) is 0 Å². The SMILES string of the molecule is CCOC(=O)C(CC)S(N)(=O)=O. The molecule has 0 amide bonds. The Balaban J connectivity index is 4.47. The Morgan fingerprint density at radius 2 is 2.00 bits per heavy atom. The van der Waals surface area contributed by atoms with Gasteiger partial charge in [0.05, 0.1) is 6.61 Å². The Labute approximate surface area is 71.9 Å². The average Bonchev–Trinajstić information content (AvgIpc) is 1.85. The Kier molecular flexibility index (Phi) is 4.19. The molecule has 0 radical (unpaired) electrons. The molecule has 0 heterocycles. The Morgan fingerprint density at radius 1 is 1.50 bits per heavy atom. The number of esters is 1. The van der Waals surface area contributed by atoms with E-state index in [4.69, 9.17) is 5.14 Å². The number of carbonyl (C=O) groups is 1. The van der Waals surface area contributed by atoms with E-state index in [0.29, 0.717) is 0 Å². The predicted molar refractivity (Wildman–Crippen MR) is 43.8 cm³/mol. The monoisotopic (exact) mass is 195 g/mol. The molecular formula is C6H13NO4S. The summed E-state index contributed by atoms with van der Waals surface area (Å²) in [7, 11) is -3.81. The Morgan fingerprint density at radius 3 is 2.25 bits per heavy atom. The highest BCUT2D eigenvalue weighted by atomic mass is 32.2. The summed E-state index contributed by atoms with van der Waals surface area (Å²) >= 11 is 0. The van der Waals surface area contributed by atoms with Gasteiger partial charge in [-0.1, -0.05) is 6.92 Å². The van der Waals surface area contributed by atoms with Crippen LogP contribution in [0.1, 0.15) is 20.3 Å². The van der Waals surface area contributed by atoms with E-state index in [2.05, 4.69) is 4.74 Å². The lowest BCUT2D eigenvalue weighted by Gasteiger charge is -2.10. The minimum absolute atomic E-state index is 0.137. The van der Waals surface area contributed by atoms with Gasteiger partial charge in [0.15, 0.2) is 5.25 Å². The molecule has 0 aliphatic heterocycles. The molecular weight excluding hydrogens is 182 g/mol. The van der Waals surface area contributed by atoms with E-state index >= 15 is 0 Å². The van der Waals surface area contributed by atoms with Crippen molar-refractivity contribution in [2.24, 2.45) is 5.14 Å². The van der Waals surface area contributed by atoms with E-state index in [1.807, 2.05) is 0 Å². The molecule has 0 aliphatic carbocycles. The average molecular weight is 195 g/mol. The summed E-state index contributed by atoms with van der Waals surface area (Å²) < 4.78 is 26.0. The van der Waals surface area contributed by atoms with Gasteiger partial charge in [0, 0.05) is 0 Å². The largest absolute Gasteiger partial charge is 0.465 e. The van der Waals surface area contributed by atoms with Crippen molar-refractivity contribution in [3.8, 4) is 0 Å². The maximum absolute atomic E-state index is 10.9. The summed E-state index contributed by atoms with van der Waals surface area (Å²) in [4.78, 5) is 10.9. The molecule has 0 fully saturated rings. The first-order valence-electron chi connectivity index (χ1n) is 3.61. The van der Waals surface area contributed by atoms with Gasteiger partial charge in [-0.15, -0.1) is 0 Å². The summed E-state index contributed by atoms with van der Waals surface area (Å²) in [6, 6.07) is 0. The van der Waals surface area contributed by atoms with Gasteiger partial charge in [-0.3, -0.25) is 4.79 Å². The molecule has 0 saturated carbocycles. The lowest BCUT2D eigenvalue weighted by molar-refractivity contribution is -0.142. The second kappa shape index (κ2) is 4.42. The maximum atomic E-state index is 10.9. The van der Waals surface area contributed by atoms with Gasteiger partial charge < -0.3 is 4.74 Å². The van der Waals surface area contributed by atoms with Crippen LogP contribution in [0.4, 0.5) is 0 Å². The van der Waals surface area contributed by atoms with Crippen molar-refractivity contribution in [1.82, 2.24) is 0 Å². The highest BCUT2D eigenvalue weighted by Gasteiger charge is 2.28. The predicted octanol–water partition coefficient (Wildman–Crippen LogP) is -0.383. The van der Waals surface area contributed by atoms with Crippen LogP contribution in [0.3, 0.4) is 0 Å². The fourth-order valence-corrected chi connectivity index (χ4v) is 1.57. The Bertz CT molecular complexity index is 246. The molecule has 0 aromatic carbocycles. The van der Waals surface area contributed by atoms with Gasteiger partial charge in [-0.25, -0.2) is 13.6 Å². The van der Waals surface area contributed by atoms with Crippen molar-refractivity contribution in [2.75, 3.05) is 6.61 Å². The van der Waals surface area contributed by atoms with Crippen molar-refractivity contribution in [1.29, 1.82) is 0 Å². The van der Waals surface area contributed by atoms with Crippen LogP contribution in [0.5, 0.6) is 0 Å². The molecule has 0 rings (SSSR count). The van der Waals surface area contributed by atoms with E-state index in [-0.39, 0.29) is 13.0 Å². The van der Waals surface area contributed by atoms with E-state index in [1.54, 1.807) is 13.8 Å². The topological polar surface area (TPSA) is 86.5 Å². The number of rotatable bonds is 4. The molecule has 0 bridgehead atoms. The summed E-state index contributed by atoms with van der Waals surface area (Å²) in [5.74, 6) is -0.775. The number of hydrogen-bond donors (Lipinski definition) is 1. The molecule has 0 aromatic rings. The minimum Gasteiger partial charge on any atom is -0.465 e. The molecule has 2 N–H and O–H groups in total. The van der Waals surface area contributed by atoms with E-state index in [9.17, 15) is 13.2 Å². The molecule has 0 aromatic heterocycles. The zero-order chi connectivity index (χ0) is 9.78. The van der Waals surface area contributed by atoms with Gasteiger partial charge in [0.2, 0.25) is 10.0 Å². The van der Waals surface area contributed by atoms with Crippen LogP contribution in [-0.4, -0.2) is 26.2 Å². The summed E-state index contributed by atoms with van der Waals surface area (Å²) in [6.45, 7) is 3.32. The molecule has 12 heavy (non-hydrogen) atoms. The number of primary sulfonamides is 1. The van der Waals surface area contributed by atoms with Crippen molar-refractivity contribution >= 4 is 16.0 Å². The zero-order valence-corrected chi connectivity index (χ0v) is 7.93.